The lowest BCUT2D eigenvalue weighted by Crippen LogP contribution is -1.85. The van der Waals surface area contributed by atoms with Crippen LogP contribution in [-0.4, -0.2) is 0 Å². The van der Waals surface area contributed by atoms with Crippen molar-refractivity contribution in [1.29, 1.82) is 0 Å². The van der Waals surface area contributed by atoms with Gasteiger partial charge in [-0.1, -0.05) is 40.2 Å². The fourth-order valence-electron chi connectivity index (χ4n) is 2.42. The van der Waals surface area contributed by atoms with Crippen molar-refractivity contribution >= 4 is 26.7 Å². The molecule has 0 radical (unpaired) electrons. The summed E-state index contributed by atoms with van der Waals surface area (Å²) >= 11 is 3.65. The van der Waals surface area contributed by atoms with Crippen molar-refractivity contribution in [3.05, 3.63) is 45.9 Å². The Hall–Kier alpha value is -0.820. The predicted molar refractivity (Wildman–Crippen MR) is 63.7 cm³/mol. The fraction of sp³-hybridized carbons (Fsp3) is 0.231. The van der Waals surface area contributed by atoms with E-state index < -0.39 is 0 Å². The molecule has 70 valence electrons. The van der Waals surface area contributed by atoms with Crippen LogP contribution in [0.3, 0.4) is 0 Å². The van der Waals surface area contributed by atoms with Gasteiger partial charge in [0.25, 0.3) is 0 Å². The lowest BCUT2D eigenvalue weighted by molar-refractivity contribution is 0.913. The zero-order valence-corrected chi connectivity index (χ0v) is 9.47. The molecule has 0 spiro atoms. The number of benzene rings is 2. The van der Waals surface area contributed by atoms with Crippen LogP contribution in [0.2, 0.25) is 0 Å². The third kappa shape index (κ3) is 1.12. The van der Waals surface area contributed by atoms with E-state index >= 15 is 0 Å². The second-order valence-corrected chi connectivity index (χ2v) is 4.75. The molecule has 2 aromatic rings. The number of aryl methyl sites for hydroxylation is 2. The number of hydrogen-bond acceptors (Lipinski definition) is 0. The second kappa shape index (κ2) is 3.09. The highest BCUT2D eigenvalue weighted by molar-refractivity contribution is 9.10. The lowest BCUT2D eigenvalue weighted by Gasteiger charge is -2.06. The van der Waals surface area contributed by atoms with E-state index in [1.54, 1.807) is 11.1 Å². The van der Waals surface area contributed by atoms with Gasteiger partial charge in [0, 0.05) is 4.47 Å². The van der Waals surface area contributed by atoms with Crippen LogP contribution in [0.15, 0.2) is 34.8 Å². The second-order valence-electron chi connectivity index (χ2n) is 3.89. The number of hydrogen-bond donors (Lipinski definition) is 0. The predicted octanol–water partition coefficient (Wildman–Crippen LogP) is 4.09. The fourth-order valence-corrected chi connectivity index (χ4v) is 3.05. The summed E-state index contributed by atoms with van der Waals surface area (Å²) in [5.41, 5.74) is 3.11. The topological polar surface area (TPSA) is 0 Å². The van der Waals surface area contributed by atoms with Gasteiger partial charge in [-0.3, -0.25) is 0 Å². The molecule has 1 aliphatic rings. The molecule has 0 bridgehead atoms. The maximum atomic E-state index is 3.65. The molecular formula is C13H11Br. The first-order valence-electron chi connectivity index (χ1n) is 5.05. The molecule has 3 rings (SSSR count). The summed E-state index contributed by atoms with van der Waals surface area (Å²) in [6.07, 6.45) is 3.82. The Morgan fingerprint density at radius 2 is 1.93 bits per heavy atom. The number of rotatable bonds is 0. The van der Waals surface area contributed by atoms with E-state index in [9.17, 15) is 0 Å². The molecule has 1 heteroatoms. The van der Waals surface area contributed by atoms with E-state index in [1.807, 2.05) is 0 Å². The van der Waals surface area contributed by atoms with E-state index in [0.29, 0.717) is 0 Å². The monoisotopic (exact) mass is 246 g/mol. The molecule has 0 atom stereocenters. The van der Waals surface area contributed by atoms with Crippen molar-refractivity contribution in [3.8, 4) is 0 Å². The smallest absolute Gasteiger partial charge is 0.0256 e. The third-order valence-corrected chi connectivity index (χ3v) is 3.73. The molecule has 0 aromatic heterocycles. The normalized spacial score (nSPS) is 14.6. The van der Waals surface area contributed by atoms with Crippen molar-refractivity contribution in [3.63, 3.8) is 0 Å². The lowest BCUT2D eigenvalue weighted by atomic mass is 10.0. The zero-order valence-electron chi connectivity index (χ0n) is 7.89. The standard InChI is InChI=1S/C13H11Br/c14-12-6-2-4-10-8-7-9-3-1-5-11(9)13(10)12/h2,4,6-8H,1,3,5H2. The molecule has 0 saturated heterocycles. The van der Waals surface area contributed by atoms with Gasteiger partial charge in [-0.2, -0.15) is 0 Å². The minimum Gasteiger partial charge on any atom is -0.0605 e. The SMILES string of the molecule is Brc1cccc2ccc3c(c12)CCC3. The summed E-state index contributed by atoms with van der Waals surface area (Å²) in [5, 5.41) is 2.79. The van der Waals surface area contributed by atoms with Crippen molar-refractivity contribution in [2.45, 2.75) is 19.3 Å². The molecule has 0 N–H and O–H groups in total. The van der Waals surface area contributed by atoms with E-state index in [-0.39, 0.29) is 0 Å². The minimum absolute atomic E-state index is 1.24. The highest BCUT2D eigenvalue weighted by Gasteiger charge is 2.14. The van der Waals surface area contributed by atoms with Crippen LogP contribution in [0.5, 0.6) is 0 Å². The van der Waals surface area contributed by atoms with Gasteiger partial charge in [-0.15, -0.1) is 0 Å². The van der Waals surface area contributed by atoms with Crippen LogP contribution in [0.4, 0.5) is 0 Å². The van der Waals surface area contributed by atoms with E-state index in [4.69, 9.17) is 0 Å². The van der Waals surface area contributed by atoms with Gasteiger partial charge in [0.05, 0.1) is 0 Å². The summed E-state index contributed by atoms with van der Waals surface area (Å²) in [6.45, 7) is 0. The molecule has 2 aromatic carbocycles. The highest BCUT2D eigenvalue weighted by atomic mass is 79.9. The Kier molecular flexibility index (Phi) is 1.88. The number of fused-ring (bicyclic) bond motifs is 3. The van der Waals surface area contributed by atoms with E-state index in [2.05, 4.69) is 46.3 Å². The van der Waals surface area contributed by atoms with Gasteiger partial charge < -0.3 is 0 Å². The Balaban J connectivity index is 2.47. The van der Waals surface area contributed by atoms with Crippen LogP contribution >= 0.6 is 15.9 Å². The average molecular weight is 247 g/mol. The van der Waals surface area contributed by atoms with Gasteiger partial charge >= 0.3 is 0 Å². The van der Waals surface area contributed by atoms with Crippen LogP contribution in [0.1, 0.15) is 17.5 Å². The molecule has 0 fully saturated rings. The molecule has 1 aliphatic carbocycles. The molecule has 14 heavy (non-hydrogen) atoms. The molecule has 0 heterocycles. The summed E-state index contributed by atoms with van der Waals surface area (Å²) in [7, 11) is 0. The largest absolute Gasteiger partial charge is 0.0605 e. The first kappa shape index (κ1) is 8.49. The summed E-state index contributed by atoms with van der Waals surface area (Å²) in [5.74, 6) is 0. The Morgan fingerprint density at radius 3 is 2.86 bits per heavy atom. The minimum atomic E-state index is 1.24. The maximum absolute atomic E-state index is 3.65. The zero-order chi connectivity index (χ0) is 9.54. The van der Waals surface area contributed by atoms with Crippen molar-refractivity contribution in [2.24, 2.45) is 0 Å². The maximum Gasteiger partial charge on any atom is 0.0256 e. The molecule has 0 unspecified atom stereocenters. The van der Waals surface area contributed by atoms with Crippen molar-refractivity contribution < 1.29 is 0 Å². The Labute approximate surface area is 92.1 Å². The Morgan fingerprint density at radius 1 is 1.00 bits per heavy atom. The first-order chi connectivity index (χ1) is 6.86. The van der Waals surface area contributed by atoms with E-state index in [1.165, 1.54) is 34.5 Å². The van der Waals surface area contributed by atoms with Crippen molar-refractivity contribution in [1.82, 2.24) is 0 Å². The summed E-state index contributed by atoms with van der Waals surface area (Å²) in [6, 6.07) is 11.0. The van der Waals surface area contributed by atoms with Crippen LogP contribution in [0.25, 0.3) is 10.8 Å². The molecule has 0 nitrogen and oxygen atoms in total. The average Bonchev–Trinajstić information content (AvgIpc) is 2.65. The van der Waals surface area contributed by atoms with Gasteiger partial charge in [0.15, 0.2) is 0 Å². The molecule has 0 amide bonds. The van der Waals surface area contributed by atoms with Gasteiger partial charge in [0.1, 0.15) is 0 Å². The van der Waals surface area contributed by atoms with Gasteiger partial charge in [0.2, 0.25) is 0 Å². The summed E-state index contributed by atoms with van der Waals surface area (Å²) < 4.78 is 1.24. The van der Waals surface area contributed by atoms with E-state index in [0.717, 1.165) is 0 Å². The summed E-state index contributed by atoms with van der Waals surface area (Å²) in [4.78, 5) is 0. The van der Waals surface area contributed by atoms with Crippen molar-refractivity contribution in [2.75, 3.05) is 0 Å². The van der Waals surface area contributed by atoms with Crippen LogP contribution in [0, 0.1) is 0 Å². The van der Waals surface area contributed by atoms with Gasteiger partial charge in [-0.25, -0.2) is 0 Å². The highest BCUT2D eigenvalue weighted by Crippen LogP contribution is 2.34. The Bertz CT molecular complexity index is 500. The third-order valence-electron chi connectivity index (χ3n) is 3.07. The molecule has 0 aliphatic heterocycles. The molecule has 0 saturated carbocycles. The quantitative estimate of drug-likeness (QED) is 0.657. The van der Waals surface area contributed by atoms with Crippen LogP contribution < -0.4 is 0 Å². The first-order valence-corrected chi connectivity index (χ1v) is 5.84. The molecular weight excluding hydrogens is 236 g/mol. The van der Waals surface area contributed by atoms with Gasteiger partial charge in [-0.05, 0) is 47.2 Å². The van der Waals surface area contributed by atoms with Crippen LogP contribution in [-0.2, 0) is 12.8 Å². The number of halogens is 1.